The molecule has 0 rings (SSSR count). The topological polar surface area (TPSA) is 60.7 Å². The number of aliphatic hydroxyl groups excluding tert-OH is 2. The number of hydrogen-bond acceptors (Lipinski definition) is 3. The molecule has 3 nitrogen and oxygen atoms in total. The molecule has 70 valence electrons. The molecule has 0 saturated carbocycles. The summed E-state index contributed by atoms with van der Waals surface area (Å²) in [6, 6.07) is 0. The Bertz CT molecular complexity index is 136. The normalized spacial score (nSPS) is 16.4. The van der Waals surface area contributed by atoms with Crippen molar-refractivity contribution in [2.24, 2.45) is 5.92 Å². The van der Waals surface area contributed by atoms with Crippen LogP contribution in [0.2, 0.25) is 13.1 Å². The number of rotatable bonds is 5. The van der Waals surface area contributed by atoms with Crippen LogP contribution in [-0.4, -0.2) is 34.9 Å². The summed E-state index contributed by atoms with van der Waals surface area (Å²) >= 11 is 0. The highest BCUT2D eigenvalue weighted by Gasteiger charge is 2.08. The van der Waals surface area contributed by atoms with Gasteiger partial charge in [0.1, 0.15) is 0 Å². The minimum atomic E-state index is -0.617. The molecule has 4 heteroatoms. The third-order valence-corrected chi connectivity index (χ3v) is 1.68. The molecule has 0 amide bonds. The molecule has 0 bridgehead atoms. The molecule has 3 N–H and O–H groups in total. The number of hydrogen-bond donors (Lipinski definition) is 3. The van der Waals surface area contributed by atoms with Crippen LogP contribution in [0.25, 0.3) is 0 Å². The first-order valence-electron chi connectivity index (χ1n) is 4.21. The van der Waals surface area contributed by atoms with Crippen LogP contribution in [0, 0.1) is 5.92 Å². The predicted octanol–water partition coefficient (Wildman–Crippen LogP) is 0.145. The lowest BCUT2D eigenvalue weighted by Crippen LogP contribution is -2.18. The summed E-state index contributed by atoms with van der Waals surface area (Å²) in [6.45, 7) is 3.04. The van der Waals surface area contributed by atoms with Crippen LogP contribution in [-0.2, 0) is 0 Å². The molecule has 0 saturated heterocycles. The number of aliphatic hydroxyl groups is 2. The van der Waals surface area contributed by atoms with E-state index in [1.54, 1.807) is 25.9 Å². The summed E-state index contributed by atoms with van der Waals surface area (Å²) in [6.07, 6.45) is 3.25. The van der Waals surface area contributed by atoms with Gasteiger partial charge in [0.05, 0.1) is 6.10 Å². The molecular weight excluding hydrogens is 155 g/mol. The standard InChI is InChI=1S/C8H17BO3/c1-7(6-10)8(11)4-3-5-9(2)12/h3-4,7-8,10-12H,5-6H2,1-2H3/b4-3+. The Labute approximate surface area is 73.8 Å². The molecule has 0 aromatic rings. The van der Waals surface area contributed by atoms with Gasteiger partial charge in [-0.15, -0.1) is 0 Å². The maximum Gasteiger partial charge on any atom is 0.289 e. The molecule has 0 aromatic carbocycles. The van der Waals surface area contributed by atoms with E-state index < -0.39 is 6.10 Å². The van der Waals surface area contributed by atoms with Crippen molar-refractivity contribution in [3.05, 3.63) is 12.2 Å². The average Bonchev–Trinajstić information content (AvgIpc) is 2.02. The van der Waals surface area contributed by atoms with E-state index in [1.807, 2.05) is 0 Å². The SMILES string of the molecule is CB(O)C/C=C/C(O)C(C)CO. The van der Waals surface area contributed by atoms with Gasteiger partial charge in [-0.1, -0.05) is 25.9 Å². The van der Waals surface area contributed by atoms with Crippen LogP contribution in [0.3, 0.4) is 0 Å². The summed E-state index contributed by atoms with van der Waals surface area (Å²) in [4.78, 5) is 0. The zero-order valence-corrected chi connectivity index (χ0v) is 7.64. The van der Waals surface area contributed by atoms with E-state index in [2.05, 4.69) is 0 Å². The minimum absolute atomic E-state index is 0.0276. The van der Waals surface area contributed by atoms with E-state index in [0.29, 0.717) is 6.32 Å². The lowest BCUT2D eigenvalue weighted by Gasteiger charge is -2.11. The molecule has 12 heavy (non-hydrogen) atoms. The van der Waals surface area contributed by atoms with Gasteiger partial charge in [0, 0.05) is 12.5 Å². The molecule has 0 spiro atoms. The van der Waals surface area contributed by atoms with Gasteiger partial charge < -0.3 is 15.2 Å². The Kier molecular flexibility index (Phi) is 6.07. The smallest absolute Gasteiger partial charge is 0.289 e. The summed E-state index contributed by atoms with van der Waals surface area (Å²) in [5, 5.41) is 26.9. The second-order valence-electron chi connectivity index (χ2n) is 3.16. The lowest BCUT2D eigenvalue weighted by atomic mass is 9.68. The maximum absolute atomic E-state index is 9.30. The largest absolute Gasteiger partial charge is 0.450 e. The quantitative estimate of drug-likeness (QED) is 0.408. The minimum Gasteiger partial charge on any atom is -0.450 e. The molecule has 0 radical (unpaired) electrons. The first-order chi connectivity index (χ1) is 5.57. The van der Waals surface area contributed by atoms with Gasteiger partial charge >= 0.3 is 0 Å². The van der Waals surface area contributed by atoms with Gasteiger partial charge in [-0.3, -0.25) is 0 Å². The van der Waals surface area contributed by atoms with Crippen molar-refractivity contribution < 1.29 is 15.2 Å². The Morgan fingerprint density at radius 2 is 2.08 bits per heavy atom. The maximum atomic E-state index is 9.30. The van der Waals surface area contributed by atoms with E-state index >= 15 is 0 Å². The van der Waals surface area contributed by atoms with Crippen LogP contribution in [0.1, 0.15) is 6.92 Å². The highest BCUT2D eigenvalue weighted by Crippen LogP contribution is 2.03. The molecular formula is C8H17BO3. The third-order valence-electron chi connectivity index (χ3n) is 1.68. The van der Waals surface area contributed by atoms with E-state index in [9.17, 15) is 5.11 Å². The highest BCUT2D eigenvalue weighted by atomic mass is 16.3. The van der Waals surface area contributed by atoms with Crippen LogP contribution in [0.4, 0.5) is 0 Å². The average molecular weight is 172 g/mol. The van der Waals surface area contributed by atoms with E-state index in [1.165, 1.54) is 0 Å². The predicted molar refractivity (Wildman–Crippen MR) is 50.0 cm³/mol. The van der Waals surface area contributed by atoms with Gasteiger partial charge in [-0.25, -0.2) is 0 Å². The second kappa shape index (κ2) is 6.23. The van der Waals surface area contributed by atoms with E-state index in [0.717, 1.165) is 0 Å². The Balaban J connectivity index is 3.67. The van der Waals surface area contributed by atoms with E-state index in [-0.39, 0.29) is 19.4 Å². The fraction of sp³-hybridized carbons (Fsp3) is 0.750. The van der Waals surface area contributed by atoms with Gasteiger partial charge in [-0.2, -0.15) is 0 Å². The molecule has 0 aliphatic heterocycles. The van der Waals surface area contributed by atoms with E-state index in [4.69, 9.17) is 10.1 Å². The Morgan fingerprint density at radius 3 is 2.50 bits per heavy atom. The Morgan fingerprint density at radius 1 is 1.50 bits per heavy atom. The summed E-state index contributed by atoms with van der Waals surface area (Å²) in [5.74, 6) is -0.143. The summed E-state index contributed by atoms with van der Waals surface area (Å²) in [5.41, 5.74) is 0. The van der Waals surface area contributed by atoms with Crippen molar-refractivity contribution in [3.63, 3.8) is 0 Å². The van der Waals surface area contributed by atoms with Crippen molar-refractivity contribution in [2.75, 3.05) is 6.61 Å². The molecule has 0 aliphatic carbocycles. The number of allylic oxidation sites excluding steroid dienone is 1. The summed E-state index contributed by atoms with van der Waals surface area (Å²) in [7, 11) is 0. The van der Waals surface area contributed by atoms with Gasteiger partial charge in [-0.05, 0) is 6.32 Å². The molecule has 0 fully saturated rings. The lowest BCUT2D eigenvalue weighted by molar-refractivity contribution is 0.111. The van der Waals surface area contributed by atoms with Crippen molar-refractivity contribution in [1.29, 1.82) is 0 Å². The zero-order chi connectivity index (χ0) is 9.56. The van der Waals surface area contributed by atoms with Crippen molar-refractivity contribution in [3.8, 4) is 0 Å². The highest BCUT2D eigenvalue weighted by molar-refractivity contribution is 6.49. The first kappa shape index (κ1) is 11.7. The van der Waals surface area contributed by atoms with Crippen LogP contribution < -0.4 is 0 Å². The molecule has 0 aliphatic rings. The second-order valence-corrected chi connectivity index (χ2v) is 3.16. The fourth-order valence-corrected chi connectivity index (χ4v) is 0.713. The summed E-state index contributed by atoms with van der Waals surface area (Å²) < 4.78 is 0. The van der Waals surface area contributed by atoms with Gasteiger partial charge in [0.2, 0.25) is 0 Å². The fourth-order valence-electron chi connectivity index (χ4n) is 0.713. The molecule has 0 heterocycles. The van der Waals surface area contributed by atoms with Crippen molar-refractivity contribution in [1.82, 2.24) is 0 Å². The van der Waals surface area contributed by atoms with Crippen LogP contribution in [0.5, 0.6) is 0 Å². The van der Waals surface area contributed by atoms with Gasteiger partial charge in [0.25, 0.3) is 6.92 Å². The van der Waals surface area contributed by atoms with Crippen molar-refractivity contribution in [2.45, 2.75) is 26.2 Å². The monoisotopic (exact) mass is 172 g/mol. The van der Waals surface area contributed by atoms with Crippen LogP contribution in [0.15, 0.2) is 12.2 Å². The van der Waals surface area contributed by atoms with Gasteiger partial charge in [0.15, 0.2) is 0 Å². The zero-order valence-electron chi connectivity index (χ0n) is 7.64. The van der Waals surface area contributed by atoms with Crippen molar-refractivity contribution >= 4 is 6.92 Å². The first-order valence-corrected chi connectivity index (χ1v) is 4.21. The molecule has 2 atom stereocenters. The molecule has 0 aromatic heterocycles. The van der Waals surface area contributed by atoms with Crippen LogP contribution >= 0.6 is 0 Å². The molecule has 2 unspecified atom stereocenters. The Hall–Kier alpha value is -0.315. The third kappa shape index (κ3) is 5.35.